The Morgan fingerprint density at radius 3 is 2.76 bits per heavy atom. The molecule has 2 aromatic carbocycles. The molecule has 4 N–H and O–H groups in total. The van der Waals surface area contributed by atoms with Gasteiger partial charge in [-0.25, -0.2) is 18.4 Å². The fourth-order valence-electron chi connectivity index (χ4n) is 4.64. The molecule has 1 fully saturated rings. The summed E-state index contributed by atoms with van der Waals surface area (Å²) in [6.07, 6.45) is 1.04. The van der Waals surface area contributed by atoms with Crippen molar-refractivity contribution in [1.29, 1.82) is 0 Å². The van der Waals surface area contributed by atoms with Crippen LogP contribution in [0.4, 0.5) is 24.1 Å². The number of aryl methyl sites for hydroxylation is 1. The Morgan fingerprint density at radius 1 is 1.29 bits per heavy atom. The van der Waals surface area contributed by atoms with E-state index in [9.17, 15) is 18.8 Å². The summed E-state index contributed by atoms with van der Waals surface area (Å²) in [7, 11) is 0. The highest BCUT2D eigenvalue weighted by Gasteiger charge is 2.46. The molecule has 1 aliphatic rings. The monoisotopic (exact) mass is 548 g/mol. The number of aromatic nitrogens is 1. The molecule has 0 aliphatic carbocycles. The fraction of sp³-hybridized carbons (Fsp3) is 0.346. The zero-order chi connectivity index (χ0) is 27.6. The first-order valence-electron chi connectivity index (χ1n) is 11.9. The van der Waals surface area contributed by atoms with Crippen molar-refractivity contribution in [2.75, 3.05) is 25.1 Å². The van der Waals surface area contributed by atoms with Gasteiger partial charge >= 0.3 is 12.1 Å². The third-order valence-corrected chi connectivity index (χ3v) is 6.71. The number of ketones is 1. The molecule has 0 unspecified atom stereocenters. The van der Waals surface area contributed by atoms with Crippen LogP contribution in [0.25, 0.3) is 10.9 Å². The number of primary amides is 1. The lowest BCUT2D eigenvalue weighted by Gasteiger charge is -2.23. The van der Waals surface area contributed by atoms with E-state index in [1.165, 1.54) is 25.3 Å². The average molecular weight is 549 g/mol. The SMILES string of the molecule is C[C@@]1(F)C[C@@H](C(=O)CCc2cccc(Cl)c2F)N(C(=O)Nc2cn(C(N)=O)c3ccc(OCCO)cc23)C1. The minimum absolute atomic E-state index is 0.0372. The zero-order valence-electron chi connectivity index (χ0n) is 20.5. The average Bonchev–Trinajstić information content (AvgIpc) is 3.40. The number of benzene rings is 2. The molecule has 0 radical (unpaired) electrons. The molecule has 0 bridgehead atoms. The summed E-state index contributed by atoms with van der Waals surface area (Å²) in [5, 5.41) is 12.0. The molecule has 3 amide bonds. The van der Waals surface area contributed by atoms with Crippen LogP contribution in [0.3, 0.4) is 0 Å². The van der Waals surface area contributed by atoms with Crippen LogP contribution in [-0.4, -0.2) is 63.9 Å². The van der Waals surface area contributed by atoms with Crippen LogP contribution in [0.15, 0.2) is 42.6 Å². The van der Waals surface area contributed by atoms with Crippen LogP contribution in [0.2, 0.25) is 5.02 Å². The maximum atomic E-state index is 15.0. The number of nitrogens with two attached hydrogens (primary N) is 1. The van der Waals surface area contributed by atoms with Crippen molar-refractivity contribution >= 4 is 46.0 Å². The number of hydrogen-bond acceptors (Lipinski definition) is 5. The highest BCUT2D eigenvalue weighted by Crippen LogP contribution is 2.34. The van der Waals surface area contributed by atoms with Crippen LogP contribution in [-0.2, 0) is 11.2 Å². The number of fused-ring (bicyclic) bond motifs is 1. The van der Waals surface area contributed by atoms with Gasteiger partial charge in [0.05, 0.1) is 35.4 Å². The smallest absolute Gasteiger partial charge is 0.323 e. The van der Waals surface area contributed by atoms with Gasteiger partial charge in [-0.2, -0.15) is 0 Å². The number of carbonyl (C=O) groups is 3. The molecule has 0 saturated carbocycles. The van der Waals surface area contributed by atoms with Crippen LogP contribution in [0, 0.1) is 5.82 Å². The number of hydrogen-bond donors (Lipinski definition) is 3. The minimum Gasteiger partial charge on any atom is -0.491 e. The van der Waals surface area contributed by atoms with Gasteiger partial charge in [0, 0.05) is 24.4 Å². The Hall–Kier alpha value is -3.70. The number of carbonyl (C=O) groups excluding carboxylic acids is 3. The predicted molar refractivity (Wildman–Crippen MR) is 138 cm³/mol. The molecule has 2 atom stereocenters. The van der Waals surface area contributed by atoms with Crippen LogP contribution in [0.1, 0.15) is 25.3 Å². The van der Waals surface area contributed by atoms with E-state index < -0.39 is 35.4 Å². The number of aliphatic hydroxyl groups is 1. The van der Waals surface area contributed by atoms with Crippen LogP contribution >= 0.6 is 11.6 Å². The number of alkyl halides is 1. The first-order chi connectivity index (χ1) is 18.0. The van der Waals surface area contributed by atoms with Crippen molar-refractivity contribution in [3.8, 4) is 5.75 Å². The number of aliphatic hydroxyl groups excluding tert-OH is 1. The zero-order valence-corrected chi connectivity index (χ0v) is 21.3. The minimum atomic E-state index is -1.81. The van der Waals surface area contributed by atoms with Crippen molar-refractivity contribution in [3.05, 3.63) is 59.0 Å². The Labute approximate surface area is 222 Å². The third kappa shape index (κ3) is 5.73. The van der Waals surface area contributed by atoms with Gasteiger partial charge in [-0.3, -0.25) is 9.36 Å². The quantitative estimate of drug-likeness (QED) is 0.387. The molecule has 38 heavy (non-hydrogen) atoms. The van der Waals surface area contributed by atoms with Gasteiger partial charge in [0.25, 0.3) is 0 Å². The van der Waals surface area contributed by atoms with Gasteiger partial charge in [0.1, 0.15) is 23.8 Å². The molecule has 0 spiro atoms. The summed E-state index contributed by atoms with van der Waals surface area (Å²) in [6, 6.07) is 6.58. The molecule has 1 aliphatic heterocycles. The topological polar surface area (TPSA) is 127 Å². The lowest BCUT2D eigenvalue weighted by atomic mass is 9.98. The second-order valence-electron chi connectivity index (χ2n) is 9.37. The van der Waals surface area contributed by atoms with E-state index in [0.717, 1.165) is 9.47 Å². The number of amides is 3. The molecule has 1 aromatic heterocycles. The van der Waals surface area contributed by atoms with Gasteiger partial charge in [0.2, 0.25) is 0 Å². The normalized spacial score (nSPS) is 19.1. The van der Waals surface area contributed by atoms with E-state index in [1.807, 2.05) is 0 Å². The number of Topliss-reactive ketones (excluding diaryl/α,β-unsaturated/α-hetero) is 1. The van der Waals surface area contributed by atoms with Gasteiger partial charge < -0.3 is 25.8 Å². The van der Waals surface area contributed by atoms with Crippen molar-refractivity contribution in [2.45, 2.75) is 37.9 Å². The number of nitrogens with one attached hydrogen (secondary N) is 1. The summed E-state index contributed by atoms with van der Waals surface area (Å²) in [6.45, 7) is 0.802. The fourth-order valence-corrected chi connectivity index (χ4v) is 4.84. The van der Waals surface area contributed by atoms with Gasteiger partial charge in [-0.1, -0.05) is 23.7 Å². The van der Waals surface area contributed by atoms with Gasteiger partial charge in [0.15, 0.2) is 5.78 Å². The first kappa shape index (κ1) is 27.3. The number of likely N-dealkylation sites (tertiary alicyclic amines) is 1. The maximum absolute atomic E-state index is 15.0. The summed E-state index contributed by atoms with van der Waals surface area (Å²) in [4.78, 5) is 39.4. The molecule has 1 saturated heterocycles. The van der Waals surface area contributed by atoms with E-state index in [-0.39, 0.29) is 55.3 Å². The van der Waals surface area contributed by atoms with E-state index in [1.54, 1.807) is 24.3 Å². The Morgan fingerprint density at radius 2 is 2.05 bits per heavy atom. The predicted octanol–water partition coefficient (Wildman–Crippen LogP) is 4.27. The van der Waals surface area contributed by atoms with Gasteiger partial charge in [-0.15, -0.1) is 0 Å². The van der Waals surface area contributed by atoms with Crippen LogP contribution in [0.5, 0.6) is 5.75 Å². The number of rotatable bonds is 8. The lowest BCUT2D eigenvalue weighted by molar-refractivity contribution is -0.122. The van der Waals surface area contributed by atoms with E-state index in [4.69, 9.17) is 27.2 Å². The summed E-state index contributed by atoms with van der Waals surface area (Å²) in [5.74, 6) is -0.658. The molecule has 12 heteroatoms. The highest BCUT2D eigenvalue weighted by atomic mass is 35.5. The van der Waals surface area contributed by atoms with E-state index >= 15 is 4.39 Å². The molecule has 3 aromatic rings. The molecule has 2 heterocycles. The molecule has 9 nitrogen and oxygen atoms in total. The molecular weight excluding hydrogens is 522 g/mol. The summed E-state index contributed by atoms with van der Waals surface area (Å²) in [5.41, 5.74) is 4.49. The van der Waals surface area contributed by atoms with Crippen molar-refractivity contribution in [1.82, 2.24) is 9.47 Å². The lowest BCUT2D eigenvalue weighted by Crippen LogP contribution is -2.43. The first-order valence-corrected chi connectivity index (χ1v) is 12.3. The van der Waals surface area contributed by atoms with Crippen molar-refractivity contribution in [2.24, 2.45) is 5.73 Å². The number of ether oxygens (including phenoxy) is 1. The largest absolute Gasteiger partial charge is 0.491 e. The third-order valence-electron chi connectivity index (χ3n) is 6.42. The number of halogens is 3. The highest BCUT2D eigenvalue weighted by molar-refractivity contribution is 6.30. The Bertz CT molecular complexity index is 1390. The number of anilines is 1. The van der Waals surface area contributed by atoms with E-state index in [2.05, 4.69) is 5.32 Å². The van der Waals surface area contributed by atoms with Crippen molar-refractivity contribution in [3.63, 3.8) is 0 Å². The summed E-state index contributed by atoms with van der Waals surface area (Å²) < 4.78 is 35.8. The number of nitrogens with zero attached hydrogens (tertiary/aromatic N) is 2. The molecule has 4 rings (SSSR count). The molecule has 202 valence electrons. The maximum Gasteiger partial charge on any atom is 0.323 e. The Kier molecular flexibility index (Phi) is 7.89. The van der Waals surface area contributed by atoms with Crippen molar-refractivity contribution < 1.29 is 33.0 Å². The number of urea groups is 1. The summed E-state index contributed by atoms with van der Waals surface area (Å²) >= 11 is 5.81. The van der Waals surface area contributed by atoms with E-state index in [0.29, 0.717) is 16.7 Å². The standard InChI is InChI=1S/C26H27ClF2N4O5/c1-26(29)12-21(22(35)8-5-15-3-2-4-18(27)23(15)28)33(14-26)25(37)31-19-13-32(24(30)36)20-7-6-16(11-17(19)20)38-10-9-34/h2-4,6-7,11,13,21,34H,5,8-10,12,14H2,1H3,(H2,30,36)(H,31,37)/t21-,26+/m0/s1. The van der Waals surface area contributed by atoms with Crippen LogP contribution < -0.4 is 15.8 Å². The Balaban J connectivity index is 1.56. The second-order valence-corrected chi connectivity index (χ2v) is 9.78. The van der Waals surface area contributed by atoms with Gasteiger partial charge in [-0.05, 0) is 43.2 Å². The second kappa shape index (κ2) is 11.0. The molecular formula is C26H27ClF2N4O5.